The van der Waals surface area contributed by atoms with E-state index in [1.165, 1.54) is 6.07 Å². The molecular formula is C18H20N4O3. The van der Waals surface area contributed by atoms with Crippen LogP contribution in [0.2, 0.25) is 0 Å². The molecule has 1 saturated heterocycles. The molecule has 1 fully saturated rings. The van der Waals surface area contributed by atoms with Gasteiger partial charge in [-0.1, -0.05) is 6.07 Å². The van der Waals surface area contributed by atoms with Gasteiger partial charge in [-0.25, -0.2) is 4.79 Å². The second kappa shape index (κ2) is 6.88. The molecule has 25 heavy (non-hydrogen) atoms. The predicted molar refractivity (Wildman–Crippen MR) is 94.8 cm³/mol. The van der Waals surface area contributed by atoms with Gasteiger partial charge in [0.2, 0.25) is 0 Å². The predicted octanol–water partition coefficient (Wildman–Crippen LogP) is 3.63. The fourth-order valence-electron chi connectivity index (χ4n) is 3.13. The summed E-state index contributed by atoms with van der Waals surface area (Å²) in [6.07, 6.45) is 2.64. The molecule has 0 saturated carbocycles. The number of carbonyl (C=O) groups excluding carboxylic acids is 1. The van der Waals surface area contributed by atoms with E-state index < -0.39 is 4.92 Å². The number of nitro groups is 1. The Morgan fingerprint density at radius 2 is 2.12 bits per heavy atom. The highest BCUT2D eigenvalue weighted by atomic mass is 16.6. The summed E-state index contributed by atoms with van der Waals surface area (Å²) < 4.78 is 0. The van der Waals surface area contributed by atoms with Crippen molar-refractivity contribution < 1.29 is 9.72 Å². The van der Waals surface area contributed by atoms with Gasteiger partial charge in [0.1, 0.15) is 0 Å². The Morgan fingerprint density at radius 1 is 1.32 bits per heavy atom. The quantitative estimate of drug-likeness (QED) is 0.682. The van der Waals surface area contributed by atoms with E-state index in [0.717, 1.165) is 12.1 Å². The summed E-state index contributed by atoms with van der Waals surface area (Å²) in [5.41, 5.74) is 2.87. The molecule has 0 aliphatic carbocycles. The highest BCUT2D eigenvalue weighted by Crippen LogP contribution is 2.28. The number of hydrogen-bond acceptors (Lipinski definition) is 4. The summed E-state index contributed by atoms with van der Waals surface area (Å²) in [5, 5.41) is 13.9. The van der Waals surface area contributed by atoms with Gasteiger partial charge >= 0.3 is 6.03 Å². The third-order valence-corrected chi connectivity index (χ3v) is 4.56. The molecule has 1 N–H and O–H groups in total. The molecule has 1 aliphatic heterocycles. The molecule has 1 aromatic heterocycles. The molecule has 2 heterocycles. The number of hydrogen-bond donors (Lipinski definition) is 1. The van der Waals surface area contributed by atoms with Gasteiger partial charge in [0.25, 0.3) is 5.69 Å². The number of carbonyl (C=O) groups is 1. The third kappa shape index (κ3) is 3.60. The van der Waals surface area contributed by atoms with Gasteiger partial charge in [-0.15, -0.1) is 0 Å². The summed E-state index contributed by atoms with van der Waals surface area (Å²) in [6.45, 7) is 4.70. The minimum Gasteiger partial charge on any atom is -0.324 e. The SMILES string of the molecule is Cc1cc([N+](=O)[O-])c(C)cc1NC(=O)N1CC[C@@H](c2ccccn2)C1. The van der Waals surface area contributed by atoms with Crippen molar-refractivity contribution in [3.05, 3.63) is 63.5 Å². The second-order valence-corrected chi connectivity index (χ2v) is 6.33. The minimum absolute atomic E-state index is 0.0619. The molecule has 130 valence electrons. The van der Waals surface area contributed by atoms with E-state index in [0.29, 0.717) is 29.9 Å². The zero-order valence-corrected chi connectivity index (χ0v) is 14.2. The van der Waals surface area contributed by atoms with E-state index in [-0.39, 0.29) is 17.6 Å². The third-order valence-electron chi connectivity index (χ3n) is 4.56. The first-order chi connectivity index (χ1) is 12.0. The van der Waals surface area contributed by atoms with Crippen LogP contribution in [0.1, 0.15) is 29.2 Å². The van der Waals surface area contributed by atoms with Crippen LogP contribution >= 0.6 is 0 Å². The number of urea groups is 1. The number of likely N-dealkylation sites (tertiary alicyclic amines) is 1. The Hall–Kier alpha value is -2.96. The Labute approximate surface area is 145 Å². The topological polar surface area (TPSA) is 88.4 Å². The summed E-state index contributed by atoms with van der Waals surface area (Å²) >= 11 is 0. The Kier molecular flexibility index (Phi) is 4.65. The van der Waals surface area contributed by atoms with Crippen LogP contribution in [0.15, 0.2) is 36.5 Å². The molecule has 3 rings (SSSR count). The van der Waals surface area contributed by atoms with Crippen LogP contribution in [0.4, 0.5) is 16.2 Å². The van der Waals surface area contributed by atoms with Gasteiger partial charge in [0.05, 0.1) is 4.92 Å². The highest BCUT2D eigenvalue weighted by Gasteiger charge is 2.28. The zero-order chi connectivity index (χ0) is 18.0. The van der Waals surface area contributed by atoms with Crippen molar-refractivity contribution in [3.8, 4) is 0 Å². The number of nitro benzene ring substituents is 1. The number of nitrogens with one attached hydrogen (secondary N) is 1. The fraction of sp³-hybridized carbons (Fsp3) is 0.333. The van der Waals surface area contributed by atoms with Crippen LogP contribution in [0, 0.1) is 24.0 Å². The molecule has 2 aromatic rings. The normalized spacial score (nSPS) is 16.7. The standard InChI is InChI=1S/C18H20N4O3/c1-12-10-17(22(24)25)13(2)9-16(12)20-18(23)21-8-6-14(11-21)15-5-3-4-7-19-15/h3-5,7,9-10,14H,6,8,11H2,1-2H3,(H,20,23)/t14-/m1/s1. The molecular weight excluding hydrogens is 320 g/mol. The number of anilines is 1. The minimum atomic E-state index is -0.411. The van der Waals surface area contributed by atoms with Crippen LogP contribution in [0.5, 0.6) is 0 Å². The zero-order valence-electron chi connectivity index (χ0n) is 14.2. The van der Waals surface area contributed by atoms with Gasteiger partial charge in [-0.2, -0.15) is 0 Å². The van der Waals surface area contributed by atoms with Crippen molar-refractivity contribution in [2.45, 2.75) is 26.2 Å². The maximum absolute atomic E-state index is 12.5. The molecule has 1 aliphatic rings. The number of benzene rings is 1. The first-order valence-corrected chi connectivity index (χ1v) is 8.18. The van der Waals surface area contributed by atoms with Crippen molar-refractivity contribution in [2.75, 3.05) is 18.4 Å². The van der Waals surface area contributed by atoms with Gasteiger partial charge in [0.15, 0.2) is 0 Å². The maximum Gasteiger partial charge on any atom is 0.321 e. The number of aryl methyl sites for hydroxylation is 2. The van der Waals surface area contributed by atoms with Gasteiger partial charge in [-0.3, -0.25) is 15.1 Å². The lowest BCUT2D eigenvalue weighted by Gasteiger charge is -2.18. The van der Waals surface area contributed by atoms with Crippen LogP contribution in [-0.2, 0) is 0 Å². The average Bonchev–Trinajstić information content (AvgIpc) is 3.08. The number of pyridine rings is 1. The number of nitrogens with zero attached hydrogens (tertiary/aromatic N) is 3. The Balaban J connectivity index is 1.69. The molecule has 2 amide bonds. The summed E-state index contributed by atoms with van der Waals surface area (Å²) in [7, 11) is 0. The molecule has 7 nitrogen and oxygen atoms in total. The molecule has 0 radical (unpaired) electrons. The van der Waals surface area contributed by atoms with E-state index >= 15 is 0 Å². The van der Waals surface area contributed by atoms with E-state index in [1.807, 2.05) is 18.2 Å². The summed E-state index contributed by atoms with van der Waals surface area (Å²) in [4.78, 5) is 29.2. The fourth-order valence-corrected chi connectivity index (χ4v) is 3.13. The monoisotopic (exact) mass is 340 g/mol. The number of amides is 2. The molecule has 7 heteroatoms. The molecule has 0 spiro atoms. The van der Waals surface area contributed by atoms with Crippen molar-refractivity contribution in [3.63, 3.8) is 0 Å². The lowest BCUT2D eigenvalue weighted by atomic mass is 10.0. The van der Waals surface area contributed by atoms with Gasteiger partial charge in [0, 0.05) is 48.2 Å². The Bertz CT molecular complexity index is 807. The first kappa shape index (κ1) is 16.9. The molecule has 0 bridgehead atoms. The lowest BCUT2D eigenvalue weighted by Crippen LogP contribution is -2.33. The maximum atomic E-state index is 12.5. The smallest absolute Gasteiger partial charge is 0.321 e. The summed E-state index contributed by atoms with van der Waals surface area (Å²) in [6, 6.07) is 8.77. The van der Waals surface area contributed by atoms with Crippen LogP contribution in [0.25, 0.3) is 0 Å². The number of rotatable bonds is 3. The van der Waals surface area contributed by atoms with E-state index in [2.05, 4.69) is 10.3 Å². The van der Waals surface area contributed by atoms with Crippen LogP contribution in [-0.4, -0.2) is 33.9 Å². The largest absolute Gasteiger partial charge is 0.324 e. The van der Waals surface area contributed by atoms with Crippen molar-refractivity contribution in [2.24, 2.45) is 0 Å². The van der Waals surface area contributed by atoms with Crippen LogP contribution < -0.4 is 5.32 Å². The highest BCUT2D eigenvalue weighted by molar-refractivity contribution is 5.90. The van der Waals surface area contributed by atoms with Gasteiger partial charge < -0.3 is 10.2 Å². The average molecular weight is 340 g/mol. The Morgan fingerprint density at radius 3 is 2.80 bits per heavy atom. The molecule has 1 atom stereocenters. The van der Waals surface area contributed by atoms with Gasteiger partial charge in [-0.05, 0) is 44.0 Å². The van der Waals surface area contributed by atoms with Crippen molar-refractivity contribution in [1.82, 2.24) is 9.88 Å². The number of aromatic nitrogens is 1. The lowest BCUT2D eigenvalue weighted by molar-refractivity contribution is -0.385. The summed E-state index contributed by atoms with van der Waals surface area (Å²) in [5.74, 6) is 0.242. The molecule has 1 aromatic carbocycles. The van der Waals surface area contributed by atoms with E-state index in [1.54, 1.807) is 31.0 Å². The van der Waals surface area contributed by atoms with Crippen molar-refractivity contribution >= 4 is 17.4 Å². The molecule has 0 unspecified atom stereocenters. The van der Waals surface area contributed by atoms with E-state index in [4.69, 9.17) is 0 Å². The second-order valence-electron chi connectivity index (χ2n) is 6.33. The van der Waals surface area contributed by atoms with Crippen molar-refractivity contribution in [1.29, 1.82) is 0 Å². The first-order valence-electron chi connectivity index (χ1n) is 8.18. The van der Waals surface area contributed by atoms with E-state index in [9.17, 15) is 14.9 Å². The van der Waals surface area contributed by atoms with Crippen LogP contribution in [0.3, 0.4) is 0 Å².